The number of ether oxygens (including phenoxy) is 1. The van der Waals surface area contributed by atoms with Crippen LogP contribution in [0, 0.1) is 11.3 Å². The van der Waals surface area contributed by atoms with Crippen LogP contribution in [0.1, 0.15) is 37.7 Å². The zero-order valence-electron chi connectivity index (χ0n) is 12.1. The highest BCUT2D eigenvalue weighted by atomic mass is 16.5. The zero-order chi connectivity index (χ0) is 14.7. The maximum atomic E-state index is 7.73. The van der Waals surface area contributed by atoms with Crippen LogP contribution in [0.4, 0.5) is 0 Å². The molecule has 2 aromatic rings. The molecule has 1 fully saturated rings. The number of hydrogen-bond donors (Lipinski definition) is 2. The predicted molar refractivity (Wildman–Crippen MR) is 84.8 cm³/mol. The second-order valence-electron chi connectivity index (χ2n) is 5.76. The highest BCUT2D eigenvalue weighted by Crippen LogP contribution is 2.26. The largest absolute Gasteiger partial charge is 0.477 e. The Kier molecular flexibility index (Phi) is 4.04. The number of nitrogens with zero attached hydrogens (tertiary/aromatic N) is 1. The lowest BCUT2D eigenvalue weighted by atomic mass is 9.90. The van der Waals surface area contributed by atoms with Crippen molar-refractivity contribution in [2.75, 3.05) is 6.61 Å². The number of hydrogen-bond acceptors (Lipinski definition) is 3. The fourth-order valence-electron chi connectivity index (χ4n) is 2.95. The Morgan fingerprint density at radius 3 is 2.76 bits per heavy atom. The van der Waals surface area contributed by atoms with Gasteiger partial charge in [-0.1, -0.05) is 37.5 Å². The molecule has 1 aliphatic rings. The first-order chi connectivity index (χ1) is 10.2. The lowest BCUT2D eigenvalue weighted by molar-refractivity contribution is 0.203. The number of para-hydroxylation sites is 1. The summed E-state index contributed by atoms with van der Waals surface area (Å²) in [5, 5.41) is 8.71. The Labute approximate surface area is 124 Å². The molecule has 0 atom stereocenters. The van der Waals surface area contributed by atoms with Crippen molar-refractivity contribution in [3.05, 3.63) is 35.9 Å². The molecule has 0 spiro atoms. The monoisotopic (exact) mass is 283 g/mol. The maximum absolute atomic E-state index is 7.73. The van der Waals surface area contributed by atoms with E-state index in [2.05, 4.69) is 4.98 Å². The van der Waals surface area contributed by atoms with Crippen LogP contribution in [-0.2, 0) is 0 Å². The zero-order valence-corrected chi connectivity index (χ0v) is 12.1. The van der Waals surface area contributed by atoms with E-state index in [-0.39, 0.29) is 5.84 Å². The smallest absolute Gasteiger partial charge is 0.225 e. The lowest BCUT2D eigenvalue weighted by Gasteiger charge is -2.22. The summed E-state index contributed by atoms with van der Waals surface area (Å²) in [6.45, 7) is 0.672. The van der Waals surface area contributed by atoms with Gasteiger partial charge in [0.2, 0.25) is 5.88 Å². The summed E-state index contributed by atoms with van der Waals surface area (Å²) >= 11 is 0. The van der Waals surface area contributed by atoms with E-state index in [0.717, 1.165) is 10.9 Å². The lowest BCUT2D eigenvalue weighted by Crippen LogP contribution is -2.19. The Bertz CT molecular complexity index is 648. The van der Waals surface area contributed by atoms with Crippen LogP contribution >= 0.6 is 0 Å². The van der Waals surface area contributed by atoms with Gasteiger partial charge in [-0.05, 0) is 30.9 Å². The van der Waals surface area contributed by atoms with Crippen molar-refractivity contribution in [1.29, 1.82) is 5.41 Å². The van der Waals surface area contributed by atoms with Crippen molar-refractivity contribution >= 4 is 16.7 Å². The molecule has 3 N–H and O–H groups in total. The van der Waals surface area contributed by atoms with E-state index in [4.69, 9.17) is 15.9 Å². The minimum absolute atomic E-state index is 0.00639. The molecule has 4 heteroatoms. The Morgan fingerprint density at radius 1 is 1.24 bits per heavy atom. The molecule has 0 unspecified atom stereocenters. The summed E-state index contributed by atoms with van der Waals surface area (Å²) < 4.78 is 5.91. The van der Waals surface area contributed by atoms with Crippen LogP contribution in [0.3, 0.4) is 0 Å². The van der Waals surface area contributed by atoms with Crippen molar-refractivity contribution in [3.8, 4) is 5.88 Å². The van der Waals surface area contributed by atoms with Gasteiger partial charge in [-0.25, -0.2) is 4.98 Å². The highest BCUT2D eigenvalue weighted by Gasteiger charge is 2.16. The molecule has 3 rings (SSSR count). The van der Waals surface area contributed by atoms with Crippen molar-refractivity contribution in [2.24, 2.45) is 11.7 Å². The Morgan fingerprint density at radius 2 is 2.00 bits per heavy atom. The number of nitrogens with two attached hydrogens (primary N) is 1. The normalized spacial score (nSPS) is 16.0. The fraction of sp³-hybridized carbons (Fsp3) is 0.412. The predicted octanol–water partition coefficient (Wildman–Crippen LogP) is 3.48. The average molecular weight is 283 g/mol. The third kappa shape index (κ3) is 3.15. The molecular formula is C17H21N3O. The van der Waals surface area contributed by atoms with Crippen LogP contribution in [0.15, 0.2) is 30.3 Å². The molecule has 1 aromatic heterocycles. The van der Waals surface area contributed by atoms with Crippen molar-refractivity contribution in [3.63, 3.8) is 0 Å². The van der Waals surface area contributed by atoms with Gasteiger partial charge in [0.1, 0.15) is 5.84 Å². The van der Waals surface area contributed by atoms with E-state index in [0.29, 0.717) is 24.0 Å². The number of aromatic nitrogens is 1. The van der Waals surface area contributed by atoms with Crippen molar-refractivity contribution in [2.45, 2.75) is 32.1 Å². The van der Waals surface area contributed by atoms with Crippen LogP contribution < -0.4 is 10.5 Å². The molecule has 0 aliphatic heterocycles. The third-order valence-corrected chi connectivity index (χ3v) is 4.16. The third-order valence-electron chi connectivity index (χ3n) is 4.16. The number of nitrogens with one attached hydrogen (secondary N) is 1. The summed E-state index contributed by atoms with van der Waals surface area (Å²) in [6.07, 6.45) is 6.37. The van der Waals surface area contributed by atoms with E-state index in [1.807, 2.05) is 30.3 Å². The van der Waals surface area contributed by atoms with Gasteiger partial charge in [-0.3, -0.25) is 5.41 Å². The first-order valence-electron chi connectivity index (χ1n) is 7.61. The number of benzene rings is 1. The van der Waals surface area contributed by atoms with E-state index < -0.39 is 0 Å². The maximum Gasteiger partial charge on any atom is 0.225 e. The van der Waals surface area contributed by atoms with Crippen LogP contribution in [0.5, 0.6) is 5.88 Å². The standard InChI is InChI=1S/C17H21N3O/c18-16(19)14-10-13-8-4-5-9-15(13)20-17(14)21-11-12-6-2-1-3-7-12/h4-5,8-10,12H,1-3,6-7,11H2,(H3,18,19). The van der Waals surface area contributed by atoms with E-state index >= 15 is 0 Å². The molecule has 21 heavy (non-hydrogen) atoms. The first kappa shape index (κ1) is 13.9. The number of rotatable bonds is 4. The van der Waals surface area contributed by atoms with Gasteiger partial charge in [0.15, 0.2) is 0 Å². The van der Waals surface area contributed by atoms with E-state index in [1.165, 1.54) is 32.1 Å². The Hall–Kier alpha value is -2.10. The number of nitrogen functional groups attached to an aromatic ring is 1. The van der Waals surface area contributed by atoms with Gasteiger partial charge in [-0.2, -0.15) is 0 Å². The quantitative estimate of drug-likeness (QED) is 0.666. The topological polar surface area (TPSA) is 72.0 Å². The summed E-state index contributed by atoms with van der Waals surface area (Å²) in [5.74, 6) is 1.10. The van der Waals surface area contributed by atoms with Gasteiger partial charge in [0.05, 0.1) is 17.7 Å². The molecule has 110 valence electrons. The SMILES string of the molecule is N=C(N)c1cc2ccccc2nc1OCC1CCCCC1. The highest BCUT2D eigenvalue weighted by molar-refractivity contribution is 6.00. The van der Waals surface area contributed by atoms with Crippen molar-refractivity contribution < 1.29 is 4.74 Å². The summed E-state index contributed by atoms with van der Waals surface area (Å²) in [7, 11) is 0. The molecule has 0 amide bonds. The van der Waals surface area contributed by atoms with Gasteiger partial charge in [-0.15, -0.1) is 0 Å². The second-order valence-corrected chi connectivity index (χ2v) is 5.76. The number of pyridine rings is 1. The molecule has 0 bridgehead atoms. The molecule has 1 aliphatic carbocycles. The molecule has 1 heterocycles. The van der Waals surface area contributed by atoms with Gasteiger partial charge in [0, 0.05) is 5.39 Å². The summed E-state index contributed by atoms with van der Waals surface area (Å²) in [5.41, 5.74) is 7.14. The summed E-state index contributed by atoms with van der Waals surface area (Å²) in [4.78, 5) is 4.54. The molecule has 0 radical (unpaired) electrons. The van der Waals surface area contributed by atoms with Gasteiger partial charge >= 0.3 is 0 Å². The number of amidine groups is 1. The second kappa shape index (κ2) is 6.12. The fourth-order valence-corrected chi connectivity index (χ4v) is 2.95. The molecule has 1 aromatic carbocycles. The summed E-state index contributed by atoms with van der Waals surface area (Å²) in [6, 6.07) is 9.72. The molecule has 4 nitrogen and oxygen atoms in total. The van der Waals surface area contributed by atoms with Crippen molar-refractivity contribution in [1.82, 2.24) is 4.98 Å². The van der Waals surface area contributed by atoms with Crippen LogP contribution in [-0.4, -0.2) is 17.4 Å². The van der Waals surface area contributed by atoms with E-state index in [1.54, 1.807) is 0 Å². The van der Waals surface area contributed by atoms with Crippen LogP contribution in [0.25, 0.3) is 10.9 Å². The number of fused-ring (bicyclic) bond motifs is 1. The van der Waals surface area contributed by atoms with Gasteiger partial charge in [0.25, 0.3) is 0 Å². The average Bonchev–Trinajstić information content (AvgIpc) is 2.53. The molecule has 0 saturated heterocycles. The molecule has 1 saturated carbocycles. The minimum atomic E-state index is 0.00639. The van der Waals surface area contributed by atoms with Gasteiger partial charge < -0.3 is 10.5 Å². The van der Waals surface area contributed by atoms with E-state index in [9.17, 15) is 0 Å². The molecular weight excluding hydrogens is 262 g/mol. The minimum Gasteiger partial charge on any atom is -0.477 e. The van der Waals surface area contributed by atoms with Crippen LogP contribution in [0.2, 0.25) is 0 Å². The Balaban J connectivity index is 1.84. The first-order valence-corrected chi connectivity index (χ1v) is 7.61.